The Morgan fingerprint density at radius 3 is 2.18 bits per heavy atom. The van der Waals surface area contributed by atoms with Gasteiger partial charge in [0.2, 0.25) is 0 Å². The van der Waals surface area contributed by atoms with Crippen LogP contribution >= 0.6 is 0 Å². The first-order valence-corrected chi connectivity index (χ1v) is 9.17. The normalized spacial score (nSPS) is 19.2. The summed E-state index contributed by atoms with van der Waals surface area (Å²) in [5.41, 5.74) is -0.105. The van der Waals surface area contributed by atoms with Gasteiger partial charge in [-0.3, -0.25) is 0 Å². The summed E-state index contributed by atoms with van der Waals surface area (Å²) in [5.74, 6) is 1.22. The second kappa shape index (κ2) is 9.22. The molecule has 1 aliphatic rings. The van der Waals surface area contributed by atoms with Crippen LogP contribution in [-0.2, 0) is 9.47 Å². The molecule has 2 aromatic carbocycles. The first-order valence-electron chi connectivity index (χ1n) is 9.17. The largest absolute Gasteiger partial charge is 0.348 e. The molecular formula is C22H20F4O2. The smallest absolute Gasteiger partial charge is 0.184 e. The van der Waals surface area contributed by atoms with Gasteiger partial charge >= 0.3 is 0 Å². The molecule has 28 heavy (non-hydrogen) atoms. The Kier molecular flexibility index (Phi) is 6.71. The molecule has 1 fully saturated rings. The molecule has 148 valence electrons. The number of ether oxygens (including phenoxy) is 2. The lowest BCUT2D eigenvalue weighted by Gasteiger charge is -2.29. The zero-order chi connectivity index (χ0) is 20.1. The average Bonchev–Trinajstić information content (AvgIpc) is 2.68. The summed E-state index contributed by atoms with van der Waals surface area (Å²) in [4.78, 5) is 0. The molecule has 1 saturated heterocycles. The number of unbranched alkanes of at least 4 members (excludes halogenated alkanes) is 1. The molecule has 0 unspecified atom stereocenters. The molecular weight excluding hydrogens is 372 g/mol. The molecule has 0 radical (unpaired) electrons. The summed E-state index contributed by atoms with van der Waals surface area (Å²) >= 11 is 0. The van der Waals surface area contributed by atoms with Crippen LogP contribution in [0, 0.1) is 41.0 Å². The maximum Gasteiger partial charge on any atom is 0.184 e. The first-order chi connectivity index (χ1) is 13.5. The second-order valence-corrected chi connectivity index (χ2v) is 6.75. The lowest BCUT2D eigenvalue weighted by molar-refractivity contribution is -0.206. The van der Waals surface area contributed by atoms with Gasteiger partial charge in [0, 0.05) is 17.0 Å². The van der Waals surface area contributed by atoms with E-state index in [0.29, 0.717) is 13.2 Å². The summed E-state index contributed by atoms with van der Waals surface area (Å²) in [6.45, 7) is 3.06. The maximum absolute atomic E-state index is 14.4. The molecule has 3 rings (SSSR count). The van der Waals surface area contributed by atoms with Crippen LogP contribution < -0.4 is 0 Å². The Balaban J connectivity index is 1.73. The molecule has 1 aliphatic heterocycles. The van der Waals surface area contributed by atoms with Gasteiger partial charge in [0.05, 0.1) is 18.8 Å². The standard InChI is InChI=1S/C22H20F4O2/c1-2-3-4-15-12-27-22(28-13-15)16-10-19(24)17(20(25)11-16)7-5-14-6-8-18(23)21(26)9-14/h6,8-11,15,22H,2-4,12-13H2,1H3/t15-,22-. The summed E-state index contributed by atoms with van der Waals surface area (Å²) in [6.07, 6.45) is 2.33. The summed E-state index contributed by atoms with van der Waals surface area (Å²) < 4.78 is 66.1. The van der Waals surface area contributed by atoms with Crippen LogP contribution in [0.3, 0.4) is 0 Å². The van der Waals surface area contributed by atoms with Crippen LogP contribution in [0.5, 0.6) is 0 Å². The number of hydrogen-bond donors (Lipinski definition) is 0. The molecule has 0 aliphatic carbocycles. The zero-order valence-electron chi connectivity index (χ0n) is 15.4. The molecule has 0 bridgehead atoms. The van der Waals surface area contributed by atoms with Gasteiger partial charge in [0.25, 0.3) is 0 Å². The van der Waals surface area contributed by atoms with Gasteiger partial charge < -0.3 is 9.47 Å². The van der Waals surface area contributed by atoms with E-state index in [1.165, 1.54) is 6.07 Å². The minimum absolute atomic E-state index is 0.110. The van der Waals surface area contributed by atoms with E-state index < -0.39 is 35.1 Å². The second-order valence-electron chi connectivity index (χ2n) is 6.75. The quantitative estimate of drug-likeness (QED) is 0.506. The van der Waals surface area contributed by atoms with E-state index in [0.717, 1.165) is 43.5 Å². The Bertz CT molecular complexity index is 870. The summed E-state index contributed by atoms with van der Waals surface area (Å²) in [7, 11) is 0. The Labute approximate surface area is 161 Å². The van der Waals surface area contributed by atoms with Gasteiger partial charge in [-0.2, -0.15) is 0 Å². The van der Waals surface area contributed by atoms with Crippen molar-refractivity contribution in [3.05, 3.63) is 70.3 Å². The molecule has 0 N–H and O–H groups in total. The van der Waals surface area contributed by atoms with Crippen LogP contribution in [0.25, 0.3) is 0 Å². The fourth-order valence-corrected chi connectivity index (χ4v) is 2.95. The fourth-order valence-electron chi connectivity index (χ4n) is 2.95. The lowest BCUT2D eigenvalue weighted by Crippen LogP contribution is -2.27. The first kappa shape index (κ1) is 20.4. The third-order valence-electron chi connectivity index (χ3n) is 4.52. The van der Waals surface area contributed by atoms with Crippen LogP contribution in [0.1, 0.15) is 49.2 Å². The van der Waals surface area contributed by atoms with E-state index >= 15 is 0 Å². The van der Waals surface area contributed by atoms with Crippen molar-refractivity contribution in [3.8, 4) is 11.8 Å². The highest BCUT2D eigenvalue weighted by Gasteiger charge is 2.25. The van der Waals surface area contributed by atoms with Crippen LogP contribution in [0.4, 0.5) is 17.6 Å². The minimum Gasteiger partial charge on any atom is -0.348 e. The topological polar surface area (TPSA) is 18.5 Å². The number of halogens is 4. The molecule has 1 heterocycles. The molecule has 6 heteroatoms. The Morgan fingerprint density at radius 2 is 1.57 bits per heavy atom. The fraction of sp³-hybridized carbons (Fsp3) is 0.364. The van der Waals surface area contributed by atoms with Crippen molar-refractivity contribution in [2.75, 3.05) is 13.2 Å². The van der Waals surface area contributed by atoms with E-state index in [1.807, 2.05) is 0 Å². The number of hydrogen-bond acceptors (Lipinski definition) is 2. The van der Waals surface area contributed by atoms with E-state index in [-0.39, 0.29) is 17.0 Å². The molecule has 0 atom stereocenters. The molecule has 2 aromatic rings. The van der Waals surface area contributed by atoms with Crippen molar-refractivity contribution in [3.63, 3.8) is 0 Å². The van der Waals surface area contributed by atoms with Gasteiger partial charge in [-0.05, 0) is 36.8 Å². The van der Waals surface area contributed by atoms with E-state index in [4.69, 9.17) is 9.47 Å². The molecule has 0 spiro atoms. The molecule has 0 saturated carbocycles. The van der Waals surface area contributed by atoms with Crippen LogP contribution in [-0.4, -0.2) is 13.2 Å². The highest BCUT2D eigenvalue weighted by molar-refractivity contribution is 5.45. The van der Waals surface area contributed by atoms with E-state index in [9.17, 15) is 17.6 Å². The van der Waals surface area contributed by atoms with Crippen molar-refractivity contribution in [2.45, 2.75) is 32.5 Å². The van der Waals surface area contributed by atoms with Crippen molar-refractivity contribution in [1.29, 1.82) is 0 Å². The van der Waals surface area contributed by atoms with Gasteiger partial charge in [0.15, 0.2) is 17.9 Å². The van der Waals surface area contributed by atoms with Gasteiger partial charge in [-0.25, -0.2) is 17.6 Å². The van der Waals surface area contributed by atoms with Gasteiger partial charge in [0.1, 0.15) is 11.6 Å². The number of rotatable bonds is 4. The predicted octanol–water partition coefficient (Wildman–Crippen LogP) is 5.49. The summed E-state index contributed by atoms with van der Waals surface area (Å²) in [6, 6.07) is 5.24. The zero-order valence-corrected chi connectivity index (χ0v) is 15.4. The average molecular weight is 392 g/mol. The minimum atomic E-state index is -1.08. The highest BCUT2D eigenvalue weighted by Crippen LogP contribution is 2.29. The third kappa shape index (κ3) is 4.92. The van der Waals surface area contributed by atoms with Crippen molar-refractivity contribution in [2.24, 2.45) is 5.92 Å². The summed E-state index contributed by atoms with van der Waals surface area (Å²) in [5, 5.41) is 0. The number of benzene rings is 2. The Morgan fingerprint density at radius 1 is 0.893 bits per heavy atom. The molecule has 0 aromatic heterocycles. The van der Waals surface area contributed by atoms with Crippen LogP contribution in [0.2, 0.25) is 0 Å². The molecule has 0 amide bonds. The van der Waals surface area contributed by atoms with Gasteiger partial charge in [-0.15, -0.1) is 0 Å². The van der Waals surface area contributed by atoms with Crippen molar-refractivity contribution in [1.82, 2.24) is 0 Å². The van der Waals surface area contributed by atoms with Crippen LogP contribution in [0.15, 0.2) is 30.3 Å². The monoisotopic (exact) mass is 392 g/mol. The van der Waals surface area contributed by atoms with Crippen molar-refractivity contribution < 1.29 is 27.0 Å². The predicted molar refractivity (Wildman–Crippen MR) is 96.4 cm³/mol. The lowest BCUT2D eigenvalue weighted by atomic mass is 10.0. The van der Waals surface area contributed by atoms with Crippen molar-refractivity contribution >= 4 is 0 Å². The molecule has 2 nitrogen and oxygen atoms in total. The van der Waals surface area contributed by atoms with Gasteiger partial charge in [-0.1, -0.05) is 31.6 Å². The SMILES string of the molecule is CCCC[C@H]1CO[C@H](c2cc(F)c(C#Cc3ccc(F)c(F)c3)c(F)c2)OC1. The Hall–Kier alpha value is -2.36. The van der Waals surface area contributed by atoms with E-state index in [2.05, 4.69) is 18.8 Å². The highest BCUT2D eigenvalue weighted by atomic mass is 19.2. The van der Waals surface area contributed by atoms with E-state index in [1.54, 1.807) is 0 Å². The maximum atomic E-state index is 14.4. The third-order valence-corrected chi connectivity index (χ3v) is 4.52.